The zero-order valence-corrected chi connectivity index (χ0v) is 11.1. The molecule has 3 nitrogen and oxygen atoms in total. The van der Waals surface area contributed by atoms with Gasteiger partial charge in [0.1, 0.15) is 0 Å². The molecule has 0 heterocycles. The lowest BCUT2D eigenvalue weighted by Gasteiger charge is -2.16. The minimum Gasteiger partial charge on any atom is -0.466 e. The van der Waals surface area contributed by atoms with Crippen molar-refractivity contribution in [3.05, 3.63) is 29.8 Å². The molecule has 0 aliphatic rings. The van der Waals surface area contributed by atoms with Crippen LogP contribution >= 0.6 is 11.8 Å². The third-order valence-corrected chi connectivity index (χ3v) is 3.06. The van der Waals surface area contributed by atoms with E-state index in [-0.39, 0.29) is 35.2 Å². The van der Waals surface area contributed by atoms with Crippen molar-refractivity contribution in [1.29, 1.82) is 0 Å². The van der Waals surface area contributed by atoms with E-state index in [0.29, 0.717) is 0 Å². The Morgan fingerprint density at radius 2 is 2.05 bits per heavy atom. The van der Waals surface area contributed by atoms with Crippen LogP contribution in [0.3, 0.4) is 0 Å². The average Bonchev–Trinajstić information content (AvgIpc) is 2.27. The van der Waals surface area contributed by atoms with E-state index in [1.54, 1.807) is 13.0 Å². The molecule has 0 fully saturated rings. The summed E-state index contributed by atoms with van der Waals surface area (Å²) in [6.45, 7) is 1.86. The fourth-order valence-corrected chi connectivity index (χ4v) is 2.25. The lowest BCUT2D eigenvalue weighted by Crippen LogP contribution is -2.18. The molecular weight excluding hydrogens is 279 g/mol. The second-order valence-corrected chi connectivity index (χ2v) is 4.81. The van der Waals surface area contributed by atoms with E-state index >= 15 is 0 Å². The van der Waals surface area contributed by atoms with Gasteiger partial charge in [-0.3, -0.25) is 4.79 Å². The Hall–Kier alpha value is -1.21. The fraction of sp³-hybridized carbons (Fsp3) is 0.417. The number of esters is 1. The zero-order valence-electron chi connectivity index (χ0n) is 10.2. The van der Waals surface area contributed by atoms with E-state index in [1.807, 2.05) is 0 Å². The van der Waals surface area contributed by atoms with Crippen molar-refractivity contribution < 1.29 is 22.7 Å². The van der Waals surface area contributed by atoms with Crippen molar-refractivity contribution in [2.45, 2.75) is 29.8 Å². The number of carbonyl (C=O) groups excluding carboxylic acids is 1. The van der Waals surface area contributed by atoms with Gasteiger partial charge in [-0.2, -0.15) is 13.2 Å². The van der Waals surface area contributed by atoms with Gasteiger partial charge in [-0.1, -0.05) is 18.2 Å². The highest BCUT2D eigenvalue weighted by Gasteiger charge is 2.31. The van der Waals surface area contributed by atoms with Gasteiger partial charge in [-0.05, 0) is 30.3 Å². The van der Waals surface area contributed by atoms with E-state index in [0.717, 1.165) is 0 Å². The number of thioether (sulfide) groups is 1. The van der Waals surface area contributed by atoms with Crippen LogP contribution in [0.1, 0.15) is 24.9 Å². The molecular formula is C12H14F3NO2S. The SMILES string of the molecule is CCOC(=O)C[C@@H](N)c1ccccc1SC(F)(F)F. The molecule has 0 radical (unpaired) electrons. The van der Waals surface area contributed by atoms with Gasteiger partial charge < -0.3 is 10.5 Å². The number of halogens is 3. The smallest absolute Gasteiger partial charge is 0.446 e. The molecule has 19 heavy (non-hydrogen) atoms. The number of benzene rings is 1. The van der Waals surface area contributed by atoms with Crippen LogP contribution in [0.25, 0.3) is 0 Å². The lowest BCUT2D eigenvalue weighted by atomic mass is 10.1. The van der Waals surface area contributed by atoms with Crippen LogP contribution in [-0.4, -0.2) is 18.1 Å². The number of hydrogen-bond acceptors (Lipinski definition) is 4. The Bertz CT molecular complexity index is 437. The number of carbonyl (C=O) groups is 1. The quantitative estimate of drug-likeness (QED) is 0.669. The van der Waals surface area contributed by atoms with Crippen LogP contribution in [0.5, 0.6) is 0 Å². The Balaban J connectivity index is 2.84. The second-order valence-electron chi connectivity index (χ2n) is 3.70. The summed E-state index contributed by atoms with van der Waals surface area (Å²) in [5.74, 6) is -0.526. The summed E-state index contributed by atoms with van der Waals surface area (Å²) in [7, 11) is 0. The van der Waals surface area contributed by atoms with Crippen LogP contribution in [0.4, 0.5) is 13.2 Å². The number of nitrogens with two attached hydrogens (primary N) is 1. The molecule has 0 aliphatic heterocycles. The van der Waals surface area contributed by atoms with Gasteiger partial charge >= 0.3 is 11.5 Å². The normalized spacial score (nSPS) is 13.1. The largest absolute Gasteiger partial charge is 0.466 e. The standard InChI is InChI=1S/C12H14F3NO2S/c1-2-18-11(17)7-9(16)8-5-3-4-6-10(8)19-12(13,14)15/h3-6,9H,2,7,16H2,1H3/t9-/m1/s1. The molecule has 0 unspecified atom stereocenters. The van der Waals surface area contributed by atoms with Crippen LogP contribution < -0.4 is 5.73 Å². The number of hydrogen-bond donors (Lipinski definition) is 1. The molecule has 1 aromatic rings. The molecule has 0 saturated heterocycles. The number of ether oxygens (including phenoxy) is 1. The molecule has 2 N–H and O–H groups in total. The van der Waals surface area contributed by atoms with Crippen LogP contribution in [0, 0.1) is 0 Å². The lowest BCUT2D eigenvalue weighted by molar-refractivity contribution is -0.143. The molecule has 7 heteroatoms. The molecule has 0 aromatic heterocycles. The number of rotatable bonds is 5. The van der Waals surface area contributed by atoms with Crippen molar-refractivity contribution in [3.63, 3.8) is 0 Å². The fourth-order valence-electron chi connectivity index (χ4n) is 1.51. The monoisotopic (exact) mass is 293 g/mol. The molecule has 1 aromatic carbocycles. The van der Waals surface area contributed by atoms with Gasteiger partial charge in [-0.25, -0.2) is 0 Å². The third kappa shape index (κ3) is 5.52. The summed E-state index contributed by atoms with van der Waals surface area (Å²) in [5, 5.41) is 0. The third-order valence-electron chi connectivity index (χ3n) is 2.24. The number of alkyl halides is 3. The minimum absolute atomic E-state index is 0.00629. The highest BCUT2D eigenvalue weighted by atomic mass is 32.2. The topological polar surface area (TPSA) is 52.3 Å². The van der Waals surface area contributed by atoms with Gasteiger partial charge in [0.2, 0.25) is 0 Å². The van der Waals surface area contributed by atoms with Crippen LogP contribution in [0.2, 0.25) is 0 Å². The van der Waals surface area contributed by atoms with Crippen molar-refractivity contribution in [2.75, 3.05) is 6.61 Å². The highest BCUT2D eigenvalue weighted by molar-refractivity contribution is 8.00. The highest BCUT2D eigenvalue weighted by Crippen LogP contribution is 2.40. The maximum Gasteiger partial charge on any atom is 0.446 e. The van der Waals surface area contributed by atoms with Gasteiger partial charge in [0.25, 0.3) is 0 Å². The van der Waals surface area contributed by atoms with Crippen molar-refractivity contribution in [1.82, 2.24) is 0 Å². The molecule has 1 atom stereocenters. The predicted molar refractivity (Wildman–Crippen MR) is 66.5 cm³/mol. The maximum absolute atomic E-state index is 12.4. The van der Waals surface area contributed by atoms with Gasteiger partial charge in [0.05, 0.1) is 13.0 Å². The Labute approximate surface area is 113 Å². The summed E-state index contributed by atoms with van der Waals surface area (Å²) in [4.78, 5) is 11.3. The van der Waals surface area contributed by atoms with Crippen molar-refractivity contribution in [2.24, 2.45) is 5.73 Å². The molecule has 0 aliphatic carbocycles. The zero-order chi connectivity index (χ0) is 14.5. The molecule has 106 valence electrons. The maximum atomic E-state index is 12.4. The average molecular weight is 293 g/mol. The molecule has 0 saturated carbocycles. The first kappa shape index (κ1) is 15.8. The van der Waals surface area contributed by atoms with E-state index < -0.39 is 17.5 Å². The van der Waals surface area contributed by atoms with Gasteiger partial charge in [0.15, 0.2) is 0 Å². The van der Waals surface area contributed by atoms with Crippen LogP contribution in [-0.2, 0) is 9.53 Å². The van der Waals surface area contributed by atoms with E-state index in [2.05, 4.69) is 0 Å². The van der Waals surface area contributed by atoms with E-state index in [9.17, 15) is 18.0 Å². The minimum atomic E-state index is -4.39. The van der Waals surface area contributed by atoms with Gasteiger partial charge in [-0.15, -0.1) is 0 Å². The first-order valence-electron chi connectivity index (χ1n) is 5.59. The van der Waals surface area contributed by atoms with E-state index in [1.165, 1.54) is 18.2 Å². The van der Waals surface area contributed by atoms with Crippen molar-refractivity contribution >= 4 is 17.7 Å². The molecule has 0 amide bonds. The first-order chi connectivity index (χ1) is 8.83. The summed E-state index contributed by atoms with van der Waals surface area (Å²) >= 11 is -0.236. The Morgan fingerprint density at radius 3 is 2.63 bits per heavy atom. The molecule has 0 spiro atoms. The predicted octanol–water partition coefficient (Wildman–Crippen LogP) is 3.25. The first-order valence-corrected chi connectivity index (χ1v) is 6.41. The summed E-state index contributed by atoms with van der Waals surface area (Å²) in [6, 6.07) is 5.08. The molecule has 1 rings (SSSR count). The summed E-state index contributed by atoms with van der Waals surface area (Å²) in [6.07, 6.45) is -0.150. The van der Waals surface area contributed by atoms with Crippen LogP contribution in [0.15, 0.2) is 29.2 Å². The van der Waals surface area contributed by atoms with Crippen molar-refractivity contribution in [3.8, 4) is 0 Å². The van der Waals surface area contributed by atoms with Gasteiger partial charge in [0, 0.05) is 10.9 Å². The summed E-state index contributed by atoms with van der Waals surface area (Å²) < 4.78 is 41.9. The van der Waals surface area contributed by atoms with E-state index in [4.69, 9.17) is 10.5 Å². The summed E-state index contributed by atoms with van der Waals surface area (Å²) in [5.41, 5.74) is 1.66. The molecule has 0 bridgehead atoms. The Morgan fingerprint density at radius 1 is 1.42 bits per heavy atom. The Kier molecular flexibility index (Phi) is 5.68. The second kappa shape index (κ2) is 6.81.